The number of methoxy groups -OCH3 is 1. The van der Waals surface area contributed by atoms with Crippen molar-refractivity contribution >= 4 is 5.52 Å². The van der Waals surface area contributed by atoms with Crippen molar-refractivity contribution in [2.45, 2.75) is 32.4 Å². The summed E-state index contributed by atoms with van der Waals surface area (Å²) in [5.41, 5.74) is 3.94. The molecule has 4 rings (SSSR count). The van der Waals surface area contributed by atoms with E-state index >= 15 is 0 Å². The third kappa shape index (κ3) is 3.86. The van der Waals surface area contributed by atoms with E-state index in [0.29, 0.717) is 22.7 Å². The quantitative estimate of drug-likeness (QED) is 0.528. The SMILES string of the molecule is COc1cccc(C(O)Cn2ccn3nc(-c4ccc(C(C)C)cc4)cc3c2=O)c1. The smallest absolute Gasteiger partial charge is 0.276 e. The molecule has 1 atom stereocenters. The molecule has 0 aliphatic heterocycles. The number of fused-ring (bicyclic) bond motifs is 1. The summed E-state index contributed by atoms with van der Waals surface area (Å²) in [6.07, 6.45) is 2.56. The predicted octanol–water partition coefficient (Wildman–Crippen LogP) is 4.03. The van der Waals surface area contributed by atoms with Crippen LogP contribution in [0.4, 0.5) is 0 Å². The highest BCUT2D eigenvalue weighted by molar-refractivity contribution is 5.65. The summed E-state index contributed by atoms with van der Waals surface area (Å²) in [6.45, 7) is 4.46. The van der Waals surface area contributed by atoms with Gasteiger partial charge in [0.05, 0.1) is 25.5 Å². The zero-order chi connectivity index (χ0) is 21.3. The largest absolute Gasteiger partial charge is 0.497 e. The minimum Gasteiger partial charge on any atom is -0.497 e. The standard InChI is InChI=1S/C24H25N3O3/c1-16(2)17-7-9-18(10-8-17)21-14-22-24(29)26(11-12-27(22)25-21)15-23(28)19-5-4-6-20(13-19)30-3/h4-14,16,23,28H,15H2,1-3H3. The molecule has 2 heterocycles. The number of benzene rings is 2. The molecule has 0 spiro atoms. The average Bonchev–Trinajstić information content (AvgIpc) is 3.21. The van der Waals surface area contributed by atoms with Gasteiger partial charge in [0.25, 0.3) is 5.56 Å². The second kappa shape index (κ2) is 8.16. The first-order valence-electron chi connectivity index (χ1n) is 9.97. The van der Waals surface area contributed by atoms with E-state index in [1.54, 1.807) is 36.2 Å². The number of aliphatic hydroxyl groups excluding tert-OH is 1. The third-order valence-electron chi connectivity index (χ3n) is 5.32. The second-order valence-corrected chi connectivity index (χ2v) is 7.68. The Morgan fingerprint density at radius 2 is 1.80 bits per heavy atom. The van der Waals surface area contributed by atoms with Gasteiger partial charge in [-0.05, 0) is 35.2 Å². The number of hydrogen-bond donors (Lipinski definition) is 1. The van der Waals surface area contributed by atoms with Crippen LogP contribution in [-0.2, 0) is 6.54 Å². The second-order valence-electron chi connectivity index (χ2n) is 7.68. The Balaban J connectivity index is 1.63. The lowest BCUT2D eigenvalue weighted by molar-refractivity contribution is 0.155. The van der Waals surface area contributed by atoms with Crippen molar-refractivity contribution in [2.24, 2.45) is 0 Å². The number of hydrogen-bond acceptors (Lipinski definition) is 4. The van der Waals surface area contributed by atoms with E-state index in [0.717, 1.165) is 11.3 Å². The summed E-state index contributed by atoms with van der Waals surface area (Å²) < 4.78 is 8.30. The van der Waals surface area contributed by atoms with E-state index in [2.05, 4.69) is 31.1 Å². The molecule has 0 bridgehead atoms. The predicted molar refractivity (Wildman–Crippen MR) is 117 cm³/mol. The molecule has 0 radical (unpaired) electrons. The van der Waals surface area contributed by atoms with Crippen molar-refractivity contribution in [1.82, 2.24) is 14.2 Å². The summed E-state index contributed by atoms with van der Waals surface area (Å²) >= 11 is 0. The fraction of sp³-hybridized carbons (Fsp3) is 0.250. The van der Waals surface area contributed by atoms with Crippen molar-refractivity contribution in [2.75, 3.05) is 7.11 Å². The number of ether oxygens (including phenoxy) is 1. The van der Waals surface area contributed by atoms with Crippen LogP contribution in [0.1, 0.15) is 37.0 Å². The normalized spacial score (nSPS) is 12.4. The molecule has 0 saturated heterocycles. The van der Waals surface area contributed by atoms with Gasteiger partial charge in [0.1, 0.15) is 11.3 Å². The topological polar surface area (TPSA) is 68.8 Å². The Labute approximate surface area is 175 Å². The molecule has 2 aromatic heterocycles. The van der Waals surface area contributed by atoms with Crippen LogP contribution >= 0.6 is 0 Å². The molecule has 0 fully saturated rings. The molecule has 0 saturated carbocycles. The molecule has 0 amide bonds. The lowest BCUT2D eigenvalue weighted by Gasteiger charge is -2.14. The average molecular weight is 403 g/mol. The Bertz CT molecular complexity index is 1220. The van der Waals surface area contributed by atoms with Gasteiger partial charge in [-0.15, -0.1) is 0 Å². The Morgan fingerprint density at radius 3 is 2.50 bits per heavy atom. The van der Waals surface area contributed by atoms with Gasteiger partial charge in [0.2, 0.25) is 0 Å². The molecule has 0 aliphatic carbocycles. The minimum atomic E-state index is -0.828. The fourth-order valence-electron chi connectivity index (χ4n) is 3.49. The van der Waals surface area contributed by atoms with E-state index in [1.165, 1.54) is 10.1 Å². The fourth-order valence-corrected chi connectivity index (χ4v) is 3.49. The van der Waals surface area contributed by atoms with E-state index in [9.17, 15) is 9.90 Å². The van der Waals surface area contributed by atoms with Crippen LogP contribution in [0.25, 0.3) is 16.8 Å². The molecule has 30 heavy (non-hydrogen) atoms. The van der Waals surface area contributed by atoms with Crippen LogP contribution in [0.2, 0.25) is 0 Å². The van der Waals surface area contributed by atoms with E-state index in [1.807, 2.05) is 30.3 Å². The van der Waals surface area contributed by atoms with Crippen LogP contribution in [0.15, 0.2) is 71.8 Å². The summed E-state index contributed by atoms with van der Waals surface area (Å²) in [5.74, 6) is 1.13. The molecule has 6 heteroatoms. The molecule has 154 valence electrons. The van der Waals surface area contributed by atoms with Crippen molar-refractivity contribution in [3.8, 4) is 17.0 Å². The molecule has 4 aromatic rings. The Morgan fingerprint density at radius 1 is 1.03 bits per heavy atom. The maximum atomic E-state index is 13.0. The van der Waals surface area contributed by atoms with Gasteiger partial charge in [-0.3, -0.25) is 4.79 Å². The van der Waals surface area contributed by atoms with E-state index in [-0.39, 0.29) is 12.1 Å². The maximum absolute atomic E-state index is 13.0. The van der Waals surface area contributed by atoms with Gasteiger partial charge in [-0.2, -0.15) is 5.10 Å². The van der Waals surface area contributed by atoms with Crippen molar-refractivity contribution < 1.29 is 9.84 Å². The van der Waals surface area contributed by atoms with Gasteiger partial charge in [0.15, 0.2) is 0 Å². The number of nitrogens with zero attached hydrogens (tertiary/aromatic N) is 3. The molecule has 1 N–H and O–H groups in total. The minimum absolute atomic E-state index is 0.145. The summed E-state index contributed by atoms with van der Waals surface area (Å²) in [4.78, 5) is 13.0. The third-order valence-corrected chi connectivity index (χ3v) is 5.32. The van der Waals surface area contributed by atoms with Crippen molar-refractivity contribution in [3.63, 3.8) is 0 Å². The lowest BCUT2D eigenvalue weighted by atomic mass is 10.0. The van der Waals surface area contributed by atoms with Crippen LogP contribution in [-0.4, -0.2) is 26.4 Å². The first kappa shape index (κ1) is 19.9. The van der Waals surface area contributed by atoms with Crippen LogP contribution in [0.5, 0.6) is 5.75 Å². The van der Waals surface area contributed by atoms with Crippen molar-refractivity contribution in [1.29, 1.82) is 0 Å². The summed E-state index contributed by atoms with van der Waals surface area (Å²) in [7, 11) is 1.58. The molecular weight excluding hydrogens is 378 g/mol. The number of aliphatic hydroxyl groups is 1. The van der Waals surface area contributed by atoms with Crippen LogP contribution < -0.4 is 10.3 Å². The van der Waals surface area contributed by atoms with Crippen LogP contribution in [0.3, 0.4) is 0 Å². The molecule has 1 unspecified atom stereocenters. The Hall–Kier alpha value is -3.38. The van der Waals surface area contributed by atoms with Gasteiger partial charge in [-0.25, -0.2) is 4.52 Å². The highest BCUT2D eigenvalue weighted by Crippen LogP contribution is 2.23. The van der Waals surface area contributed by atoms with Gasteiger partial charge >= 0.3 is 0 Å². The summed E-state index contributed by atoms with van der Waals surface area (Å²) in [6, 6.07) is 17.2. The molecule has 6 nitrogen and oxygen atoms in total. The first-order chi connectivity index (χ1) is 14.5. The highest BCUT2D eigenvalue weighted by Gasteiger charge is 2.14. The first-order valence-corrected chi connectivity index (χ1v) is 9.97. The van der Waals surface area contributed by atoms with E-state index in [4.69, 9.17) is 4.74 Å². The molecule has 2 aromatic carbocycles. The van der Waals surface area contributed by atoms with Crippen LogP contribution in [0, 0.1) is 0 Å². The lowest BCUT2D eigenvalue weighted by Crippen LogP contribution is -2.24. The van der Waals surface area contributed by atoms with Gasteiger partial charge < -0.3 is 14.4 Å². The molecular formula is C24H25N3O3. The zero-order valence-corrected chi connectivity index (χ0v) is 17.3. The summed E-state index contributed by atoms with van der Waals surface area (Å²) in [5, 5.41) is 15.2. The molecule has 0 aliphatic rings. The number of rotatable bonds is 6. The monoisotopic (exact) mass is 403 g/mol. The zero-order valence-electron chi connectivity index (χ0n) is 17.3. The van der Waals surface area contributed by atoms with Crippen molar-refractivity contribution in [3.05, 3.63) is 88.5 Å². The highest BCUT2D eigenvalue weighted by atomic mass is 16.5. The Kier molecular flexibility index (Phi) is 5.42. The van der Waals surface area contributed by atoms with Gasteiger partial charge in [0, 0.05) is 18.0 Å². The number of aromatic nitrogens is 3. The van der Waals surface area contributed by atoms with E-state index < -0.39 is 6.10 Å². The maximum Gasteiger partial charge on any atom is 0.276 e. The van der Waals surface area contributed by atoms with Gasteiger partial charge in [-0.1, -0.05) is 50.2 Å².